The van der Waals surface area contributed by atoms with Gasteiger partial charge in [0.2, 0.25) is 5.16 Å². The minimum absolute atomic E-state index is 0.223. The zero-order valence-corrected chi connectivity index (χ0v) is 10.5. The van der Waals surface area contributed by atoms with Crippen LogP contribution in [-0.2, 0) is 0 Å². The van der Waals surface area contributed by atoms with Crippen molar-refractivity contribution in [2.24, 2.45) is 0 Å². The zero-order chi connectivity index (χ0) is 12.7. The van der Waals surface area contributed by atoms with Gasteiger partial charge in [-0.05, 0) is 5.75 Å². The highest BCUT2D eigenvalue weighted by Gasteiger charge is 2.15. The molecule has 0 unspecified atom stereocenters. The maximum absolute atomic E-state index is 12.0. The normalized spacial score (nSPS) is 9.65. The van der Waals surface area contributed by atoms with Crippen LogP contribution in [0.3, 0.4) is 0 Å². The Morgan fingerprint density at radius 2 is 2.59 bits per heavy atom. The van der Waals surface area contributed by atoms with E-state index < -0.39 is 0 Å². The smallest absolute Gasteiger partial charge is 0.308 e. The van der Waals surface area contributed by atoms with Gasteiger partial charge in [-0.25, -0.2) is 9.78 Å². The van der Waals surface area contributed by atoms with Crippen molar-refractivity contribution in [3.8, 4) is 12.3 Å². The fraction of sp³-hybridized carbons (Fsp3) is 0.364. The molecule has 0 N–H and O–H groups in total. The fourth-order valence-electron chi connectivity index (χ4n) is 1.16. The minimum Gasteiger partial charge on any atom is -0.308 e. The van der Waals surface area contributed by atoms with Gasteiger partial charge in [0, 0.05) is 6.54 Å². The number of hydrogen-bond donors (Lipinski definition) is 0. The lowest BCUT2D eigenvalue weighted by Crippen LogP contribution is -2.35. The van der Waals surface area contributed by atoms with E-state index in [-0.39, 0.29) is 12.6 Å². The fourth-order valence-corrected chi connectivity index (χ4v) is 1.68. The van der Waals surface area contributed by atoms with Crippen LogP contribution in [0, 0.1) is 12.3 Å². The summed E-state index contributed by atoms with van der Waals surface area (Å²) in [5.41, 5.74) is 0. The van der Waals surface area contributed by atoms with Gasteiger partial charge in [-0.3, -0.25) is 0 Å². The molecule has 0 spiro atoms. The number of thioether (sulfide) groups is 1. The highest BCUT2D eigenvalue weighted by Crippen LogP contribution is 2.10. The Hall–Kier alpha value is -1.74. The third kappa shape index (κ3) is 3.64. The third-order valence-electron chi connectivity index (χ3n) is 1.84. The summed E-state index contributed by atoms with van der Waals surface area (Å²) in [6, 6.07) is -0.293. The van der Waals surface area contributed by atoms with E-state index in [9.17, 15) is 4.79 Å². The lowest BCUT2D eigenvalue weighted by Gasteiger charge is -2.16. The van der Waals surface area contributed by atoms with Gasteiger partial charge in [-0.2, -0.15) is 4.68 Å². The summed E-state index contributed by atoms with van der Waals surface area (Å²) in [5.74, 6) is 3.29. The molecule has 0 fully saturated rings. The number of carbonyl (C=O) groups is 1. The predicted octanol–water partition coefficient (Wildman–Crippen LogP) is 1.48. The molecule has 1 amide bonds. The summed E-state index contributed by atoms with van der Waals surface area (Å²) in [4.78, 5) is 17.5. The second kappa shape index (κ2) is 6.76. The average molecular weight is 250 g/mol. The molecule has 0 aliphatic rings. The van der Waals surface area contributed by atoms with Crippen molar-refractivity contribution >= 4 is 17.8 Å². The second-order valence-electron chi connectivity index (χ2n) is 3.06. The first kappa shape index (κ1) is 13.3. The van der Waals surface area contributed by atoms with E-state index in [0.717, 1.165) is 5.75 Å². The van der Waals surface area contributed by atoms with Gasteiger partial charge in [0.1, 0.15) is 6.33 Å². The largest absolute Gasteiger partial charge is 0.347 e. The summed E-state index contributed by atoms with van der Waals surface area (Å²) in [6.45, 7) is 6.19. The van der Waals surface area contributed by atoms with Crippen molar-refractivity contribution in [3.63, 3.8) is 0 Å². The summed E-state index contributed by atoms with van der Waals surface area (Å²) in [6.07, 6.45) is 8.22. The Kier molecular flexibility index (Phi) is 5.30. The molecule has 0 aliphatic carbocycles. The summed E-state index contributed by atoms with van der Waals surface area (Å²) < 4.78 is 1.19. The van der Waals surface area contributed by atoms with Gasteiger partial charge in [0.15, 0.2) is 0 Å². The van der Waals surface area contributed by atoms with Crippen LogP contribution >= 0.6 is 11.8 Å². The summed E-state index contributed by atoms with van der Waals surface area (Å²) in [7, 11) is 0. The molecule has 0 radical (unpaired) electrons. The first-order valence-corrected chi connectivity index (χ1v) is 6.09. The first-order valence-electron chi connectivity index (χ1n) is 5.11. The molecule has 1 aromatic rings. The standard InChI is InChI=1S/C11H14N4OS/c1-4-7-14(8-5-2)11(16)15-9-12-10(13-15)17-6-3/h1,5,9H,2,6-8H2,3H3. The van der Waals surface area contributed by atoms with Crippen LogP contribution in [0.5, 0.6) is 0 Å². The molecule has 0 saturated carbocycles. The van der Waals surface area contributed by atoms with E-state index in [0.29, 0.717) is 11.7 Å². The molecular formula is C11H14N4OS. The Morgan fingerprint density at radius 1 is 1.82 bits per heavy atom. The van der Waals surface area contributed by atoms with Crippen molar-refractivity contribution in [1.29, 1.82) is 0 Å². The lowest BCUT2D eigenvalue weighted by molar-refractivity contribution is 0.207. The van der Waals surface area contributed by atoms with Gasteiger partial charge in [-0.15, -0.1) is 18.1 Å². The molecule has 0 aromatic carbocycles. The summed E-state index contributed by atoms with van der Waals surface area (Å²) in [5, 5.41) is 4.64. The molecule has 90 valence electrons. The van der Waals surface area contributed by atoms with E-state index in [1.54, 1.807) is 6.08 Å². The van der Waals surface area contributed by atoms with Crippen LogP contribution in [-0.4, -0.2) is 44.5 Å². The molecule has 6 heteroatoms. The molecule has 0 saturated heterocycles. The van der Waals surface area contributed by atoms with E-state index in [4.69, 9.17) is 6.42 Å². The van der Waals surface area contributed by atoms with Crippen LogP contribution in [0.2, 0.25) is 0 Å². The van der Waals surface area contributed by atoms with E-state index >= 15 is 0 Å². The number of carbonyl (C=O) groups excluding carboxylic acids is 1. The SMILES string of the molecule is C#CCN(CC=C)C(=O)n1cnc(SCC)n1. The first-order chi connectivity index (χ1) is 8.22. The van der Waals surface area contributed by atoms with Crippen molar-refractivity contribution in [1.82, 2.24) is 19.7 Å². The highest BCUT2D eigenvalue weighted by atomic mass is 32.2. The molecule has 0 atom stereocenters. The highest BCUT2D eigenvalue weighted by molar-refractivity contribution is 7.99. The molecule has 1 aromatic heterocycles. The van der Waals surface area contributed by atoms with Gasteiger partial charge in [0.25, 0.3) is 0 Å². The zero-order valence-electron chi connectivity index (χ0n) is 9.67. The second-order valence-corrected chi connectivity index (χ2v) is 4.29. The quantitative estimate of drug-likeness (QED) is 0.451. The third-order valence-corrected chi connectivity index (χ3v) is 2.58. The Labute approximate surface area is 105 Å². The average Bonchev–Trinajstić information content (AvgIpc) is 2.77. The van der Waals surface area contributed by atoms with Crippen molar-refractivity contribution in [2.45, 2.75) is 12.1 Å². The topological polar surface area (TPSA) is 51.0 Å². The van der Waals surface area contributed by atoms with Crippen molar-refractivity contribution in [3.05, 3.63) is 19.0 Å². The number of rotatable bonds is 5. The van der Waals surface area contributed by atoms with Gasteiger partial charge < -0.3 is 4.90 Å². The van der Waals surface area contributed by atoms with Gasteiger partial charge in [0.05, 0.1) is 6.54 Å². The van der Waals surface area contributed by atoms with Gasteiger partial charge in [-0.1, -0.05) is 30.7 Å². The Bertz CT molecular complexity index is 435. The van der Waals surface area contributed by atoms with E-state index in [1.165, 1.54) is 27.7 Å². The number of aromatic nitrogens is 3. The van der Waals surface area contributed by atoms with Crippen LogP contribution < -0.4 is 0 Å². The van der Waals surface area contributed by atoms with E-state index in [1.807, 2.05) is 6.92 Å². The number of hydrogen-bond acceptors (Lipinski definition) is 4. The Morgan fingerprint density at radius 3 is 3.18 bits per heavy atom. The number of nitrogens with zero attached hydrogens (tertiary/aromatic N) is 4. The van der Waals surface area contributed by atoms with Crippen molar-refractivity contribution in [2.75, 3.05) is 18.8 Å². The maximum Gasteiger partial charge on any atom is 0.347 e. The van der Waals surface area contributed by atoms with Gasteiger partial charge >= 0.3 is 6.03 Å². The van der Waals surface area contributed by atoms with E-state index in [2.05, 4.69) is 22.6 Å². The maximum atomic E-state index is 12.0. The molecule has 0 bridgehead atoms. The van der Waals surface area contributed by atoms with Crippen LogP contribution in [0.4, 0.5) is 4.79 Å². The Balaban J connectivity index is 2.78. The monoisotopic (exact) mass is 250 g/mol. The number of amides is 1. The van der Waals surface area contributed by atoms with Crippen LogP contribution in [0.1, 0.15) is 6.92 Å². The molecule has 1 rings (SSSR count). The molecule has 1 heterocycles. The molecule has 5 nitrogen and oxygen atoms in total. The molecular weight excluding hydrogens is 236 g/mol. The van der Waals surface area contributed by atoms with Crippen LogP contribution in [0.15, 0.2) is 24.1 Å². The molecule has 0 aliphatic heterocycles. The number of terminal acetylenes is 1. The minimum atomic E-state index is -0.293. The van der Waals surface area contributed by atoms with Crippen LogP contribution in [0.25, 0.3) is 0 Å². The molecule has 17 heavy (non-hydrogen) atoms. The van der Waals surface area contributed by atoms with Crippen molar-refractivity contribution < 1.29 is 4.79 Å². The predicted molar refractivity (Wildman–Crippen MR) is 67.8 cm³/mol. The summed E-state index contributed by atoms with van der Waals surface area (Å²) >= 11 is 1.48. The lowest BCUT2D eigenvalue weighted by atomic mass is 10.5.